The van der Waals surface area contributed by atoms with E-state index in [0.29, 0.717) is 5.56 Å². The van der Waals surface area contributed by atoms with Crippen LogP contribution in [-0.4, -0.2) is 183 Å². The molecule has 10 rings (SSSR count). The summed E-state index contributed by atoms with van der Waals surface area (Å²) in [5.74, 6) is -4.49. The van der Waals surface area contributed by atoms with Gasteiger partial charge in [-0.2, -0.15) is 0 Å². The normalized spacial score (nSPS) is 30.2. The molecule has 4 aliphatic rings. The van der Waals surface area contributed by atoms with Crippen molar-refractivity contribution in [1.82, 2.24) is 0 Å². The van der Waals surface area contributed by atoms with Gasteiger partial charge in [-0.25, -0.2) is 14.4 Å². The first-order valence-electron chi connectivity index (χ1n) is 32.7. The maximum absolute atomic E-state index is 15.4. The van der Waals surface area contributed by atoms with Gasteiger partial charge in [0, 0.05) is 54.3 Å². The second-order valence-electron chi connectivity index (χ2n) is 24.2. The highest BCUT2D eigenvalue weighted by Gasteiger charge is 2.60. The van der Waals surface area contributed by atoms with Gasteiger partial charge in [-0.15, -0.1) is 0 Å². The molecular formula is C75H88O23. The molecule has 4 heterocycles. The molecule has 20 atom stereocenters. The van der Waals surface area contributed by atoms with Crippen LogP contribution in [-0.2, 0) is 137 Å². The van der Waals surface area contributed by atoms with Crippen molar-refractivity contribution in [3.63, 3.8) is 0 Å². The van der Waals surface area contributed by atoms with Crippen molar-refractivity contribution in [3.8, 4) is 0 Å². The molecule has 6 aromatic carbocycles. The highest BCUT2D eigenvalue weighted by atomic mass is 16.8. The molecule has 0 radical (unpaired) electrons. The van der Waals surface area contributed by atoms with Crippen molar-refractivity contribution in [3.05, 3.63) is 215 Å². The minimum Gasteiger partial charge on any atom is -0.463 e. The van der Waals surface area contributed by atoms with Gasteiger partial charge in [0.1, 0.15) is 74.8 Å². The van der Waals surface area contributed by atoms with Crippen LogP contribution in [0, 0.1) is 11.8 Å². The molecule has 4 aliphatic heterocycles. The molecule has 23 nitrogen and oxygen atoms in total. The van der Waals surface area contributed by atoms with E-state index < -0.39 is 153 Å². The fourth-order valence-corrected chi connectivity index (χ4v) is 12.6. The Kier molecular flexibility index (Phi) is 27.4. The minimum atomic E-state index is -1.80. The average Bonchev–Trinajstić information content (AvgIpc) is 0.762. The van der Waals surface area contributed by atoms with Gasteiger partial charge in [-0.1, -0.05) is 184 Å². The third kappa shape index (κ3) is 18.9. The minimum absolute atomic E-state index is 0.00932. The van der Waals surface area contributed by atoms with Gasteiger partial charge in [0.05, 0.1) is 44.2 Å². The van der Waals surface area contributed by atoms with Crippen LogP contribution in [0.4, 0.5) is 0 Å². The summed E-state index contributed by atoms with van der Waals surface area (Å²) >= 11 is 0. The van der Waals surface area contributed by atoms with Gasteiger partial charge in [0.25, 0.3) is 0 Å². The van der Waals surface area contributed by atoms with Crippen molar-refractivity contribution in [2.45, 2.75) is 164 Å². The monoisotopic (exact) mass is 1360 g/mol. The highest BCUT2D eigenvalue weighted by molar-refractivity contribution is 5.89. The van der Waals surface area contributed by atoms with Gasteiger partial charge in [0.15, 0.2) is 43.5 Å². The largest absolute Gasteiger partial charge is 0.463 e. The fourth-order valence-electron chi connectivity index (χ4n) is 12.6. The lowest BCUT2D eigenvalue weighted by molar-refractivity contribution is -0.385. The van der Waals surface area contributed by atoms with Crippen molar-refractivity contribution in [1.29, 1.82) is 0 Å². The highest BCUT2D eigenvalue weighted by Crippen LogP contribution is 2.41. The van der Waals surface area contributed by atoms with Gasteiger partial charge in [0.2, 0.25) is 0 Å². The fraction of sp³-hybridized carbons (Fsp3) is 0.467. The Morgan fingerprint density at radius 1 is 0.347 bits per heavy atom. The first kappa shape index (κ1) is 73.3. The Morgan fingerprint density at radius 3 is 1.27 bits per heavy atom. The molecule has 0 N–H and O–H groups in total. The molecule has 98 heavy (non-hydrogen) atoms. The Hall–Kier alpha value is -7.40. The summed E-state index contributed by atoms with van der Waals surface area (Å²) in [5, 5.41) is 0. The summed E-state index contributed by atoms with van der Waals surface area (Å²) in [6.07, 6.45) is -22.8. The van der Waals surface area contributed by atoms with Gasteiger partial charge in [-0.05, 0) is 39.9 Å². The predicted octanol–water partition coefficient (Wildman–Crippen LogP) is 8.68. The zero-order valence-electron chi connectivity index (χ0n) is 56.2. The number of methoxy groups -OCH3 is 5. The molecule has 0 aromatic heterocycles. The summed E-state index contributed by atoms with van der Waals surface area (Å²) in [6.45, 7) is 4.39. The number of rotatable bonds is 31. The molecule has 4 saturated heterocycles. The van der Waals surface area contributed by atoms with Gasteiger partial charge in [-0.3, -0.25) is 4.79 Å². The third-order valence-electron chi connectivity index (χ3n) is 17.7. The Morgan fingerprint density at radius 2 is 0.755 bits per heavy atom. The van der Waals surface area contributed by atoms with E-state index in [1.807, 2.05) is 134 Å². The molecule has 0 saturated carbocycles. The molecule has 4 fully saturated rings. The Labute approximate surface area is 571 Å². The quantitative estimate of drug-likeness (QED) is 0.0292. The SMILES string of the molecule is COC1C(OC)[C@H](C)[C@H](C(=O)OCc2ccccc2)O[C@@H]1O[C@H]1C(COC(C)=O)O[C@@H](O[C@H]2C(C(=O)OCc3ccccc3)O[C@@H](O[C@@H]3C(COCc4ccccc4)O[C@H](OC)C(OCc4ccccc4)C3OC)[C@@H](OC(=O)c3ccccc3)C2OC)C(OCc2ccccc2)[C@H]1C. The van der Waals surface area contributed by atoms with Crippen molar-refractivity contribution in [2.75, 3.05) is 48.8 Å². The van der Waals surface area contributed by atoms with Crippen molar-refractivity contribution < 1.29 is 109 Å². The van der Waals surface area contributed by atoms with Crippen LogP contribution in [0.25, 0.3) is 0 Å². The summed E-state index contributed by atoms with van der Waals surface area (Å²) in [4.78, 5) is 57.2. The summed E-state index contributed by atoms with van der Waals surface area (Å²) < 4.78 is 124. The molecule has 9 unspecified atom stereocenters. The van der Waals surface area contributed by atoms with Crippen LogP contribution >= 0.6 is 0 Å². The van der Waals surface area contributed by atoms with E-state index in [9.17, 15) is 14.4 Å². The topological polar surface area (TPSA) is 244 Å². The third-order valence-corrected chi connectivity index (χ3v) is 17.7. The number of esters is 4. The van der Waals surface area contributed by atoms with Crippen LogP contribution in [0.5, 0.6) is 0 Å². The predicted molar refractivity (Wildman–Crippen MR) is 349 cm³/mol. The first-order valence-corrected chi connectivity index (χ1v) is 32.7. The van der Waals surface area contributed by atoms with Crippen LogP contribution in [0.3, 0.4) is 0 Å². The number of carbonyl (C=O) groups excluding carboxylic acids is 4. The van der Waals surface area contributed by atoms with E-state index in [1.54, 1.807) is 61.5 Å². The standard InChI is InChI=1S/C75H88O23/c1-46-57(94-74-66(83-7)58(80-4)47(2)59(95-74)70(78)89-42-52-33-21-12-22-34-52)56(45-86-48(3)76)92-73(60(46)87-40-50-29-17-10-18-30-50)97-64-63(82-6)68(93-69(77)54-37-25-14-26-38-54)75(98-65(64)71(79)90-43-53-35-23-13-24-36-53)96-61-55(44-85-39-49-27-15-9-16-28-49)91-72(84-8)67(62(61)81-5)88-41-51-31-19-11-20-32-51/h9-38,46-47,55-68,72-75H,39-45H2,1-8H3/t46-,47-,55?,56?,57+,58?,59+,60?,61+,62?,63?,64+,65?,66?,67?,68-,72-,73-,74-,75+/m0/s1. The van der Waals surface area contributed by atoms with Crippen LogP contribution in [0.15, 0.2) is 182 Å². The van der Waals surface area contributed by atoms with Crippen LogP contribution < -0.4 is 0 Å². The number of carbonyl (C=O) groups is 4. The van der Waals surface area contributed by atoms with Gasteiger partial charge >= 0.3 is 23.9 Å². The molecule has 6 aromatic rings. The van der Waals surface area contributed by atoms with Gasteiger partial charge < -0.3 is 90.0 Å². The first-order chi connectivity index (χ1) is 47.8. The second kappa shape index (κ2) is 36.6. The molecule has 526 valence electrons. The summed E-state index contributed by atoms with van der Waals surface area (Å²) in [7, 11) is 7.30. The second-order valence-corrected chi connectivity index (χ2v) is 24.2. The number of ether oxygens (including phenoxy) is 19. The molecule has 0 bridgehead atoms. The Balaban J connectivity index is 1.03. The van der Waals surface area contributed by atoms with Crippen molar-refractivity contribution >= 4 is 23.9 Å². The molecule has 23 heteroatoms. The number of hydrogen-bond acceptors (Lipinski definition) is 23. The smallest absolute Gasteiger partial charge is 0.338 e. The van der Waals surface area contributed by atoms with Crippen molar-refractivity contribution in [2.24, 2.45) is 11.8 Å². The van der Waals surface area contributed by atoms with E-state index in [-0.39, 0.29) is 45.2 Å². The number of benzene rings is 6. The summed E-state index contributed by atoms with van der Waals surface area (Å²) in [6, 6.07) is 54.9. The lowest BCUT2D eigenvalue weighted by Crippen LogP contribution is -2.68. The Bertz CT molecular complexity index is 3360. The number of hydrogen-bond donors (Lipinski definition) is 0. The molecule has 0 spiro atoms. The summed E-state index contributed by atoms with van der Waals surface area (Å²) in [5.41, 5.74) is 4.07. The van der Waals surface area contributed by atoms with E-state index in [0.717, 1.165) is 22.3 Å². The van der Waals surface area contributed by atoms with E-state index >= 15 is 4.79 Å². The maximum atomic E-state index is 15.4. The zero-order chi connectivity index (χ0) is 68.9. The molecular weight excluding hydrogens is 1270 g/mol. The van der Waals surface area contributed by atoms with E-state index in [1.165, 1.54) is 42.5 Å². The van der Waals surface area contributed by atoms with E-state index in [2.05, 4.69) is 0 Å². The van der Waals surface area contributed by atoms with Crippen LogP contribution in [0.2, 0.25) is 0 Å². The molecule has 0 amide bonds. The zero-order valence-corrected chi connectivity index (χ0v) is 56.2. The lowest BCUT2D eigenvalue weighted by atomic mass is 9.88. The molecule has 0 aliphatic carbocycles. The van der Waals surface area contributed by atoms with Crippen LogP contribution in [0.1, 0.15) is 58.9 Å². The van der Waals surface area contributed by atoms with E-state index in [4.69, 9.17) is 90.0 Å². The maximum Gasteiger partial charge on any atom is 0.338 e. The lowest BCUT2D eigenvalue weighted by Gasteiger charge is -2.51. The average molecular weight is 1360 g/mol.